The van der Waals surface area contributed by atoms with Gasteiger partial charge in [-0.15, -0.1) is 0 Å². The molecule has 0 aliphatic heterocycles. The number of allylic oxidation sites excluding steroid dienone is 14. The van der Waals surface area contributed by atoms with Crippen LogP contribution in [0.3, 0.4) is 0 Å². The molecule has 492 valence electrons. The number of quaternary nitrogens is 1. The summed E-state index contributed by atoms with van der Waals surface area (Å²) in [5.74, 6) is -2.29. The van der Waals surface area contributed by atoms with E-state index >= 15 is 0 Å². The van der Waals surface area contributed by atoms with Gasteiger partial charge in [0.25, 0.3) is 0 Å². The lowest BCUT2D eigenvalue weighted by molar-refractivity contribution is -0.870. The molecule has 0 spiro atoms. The first-order chi connectivity index (χ1) is 41.6. The number of carbonyl (C=O) groups excluding carboxylic acids is 3. The number of unbranched alkanes of at least 4 members (excludes halogenated alkanes) is 37. The van der Waals surface area contributed by atoms with Crippen LogP contribution in [0.4, 0.5) is 0 Å². The summed E-state index contributed by atoms with van der Waals surface area (Å²) in [6.45, 7) is 4.62. The van der Waals surface area contributed by atoms with Crippen molar-refractivity contribution in [3.63, 3.8) is 0 Å². The Morgan fingerprint density at radius 3 is 1.00 bits per heavy atom. The zero-order valence-corrected chi connectivity index (χ0v) is 56.2. The number of carbonyl (C=O) groups is 3. The maximum absolute atomic E-state index is 12.9. The van der Waals surface area contributed by atoms with E-state index in [1.54, 1.807) is 0 Å². The maximum atomic E-state index is 12.9. The summed E-state index contributed by atoms with van der Waals surface area (Å²) in [5.41, 5.74) is 0. The van der Waals surface area contributed by atoms with E-state index in [-0.39, 0.29) is 38.6 Å². The summed E-state index contributed by atoms with van der Waals surface area (Å²) in [6, 6.07) is 0. The molecule has 0 bridgehead atoms. The van der Waals surface area contributed by atoms with Crippen LogP contribution >= 0.6 is 0 Å². The van der Waals surface area contributed by atoms with Crippen molar-refractivity contribution in [2.75, 3.05) is 47.5 Å². The Hall–Kier alpha value is -3.53. The molecule has 2 atom stereocenters. The van der Waals surface area contributed by atoms with Gasteiger partial charge in [0.05, 0.1) is 40.3 Å². The second kappa shape index (κ2) is 66.4. The maximum Gasteiger partial charge on any atom is 0.306 e. The Bertz CT molecular complexity index is 1670. The smallest absolute Gasteiger partial charge is 0.306 e. The second-order valence-corrected chi connectivity index (χ2v) is 25.1. The molecule has 0 heterocycles. The Kier molecular flexibility index (Phi) is 63.7. The number of ether oxygens (including phenoxy) is 4. The van der Waals surface area contributed by atoms with Gasteiger partial charge >= 0.3 is 11.9 Å². The molecule has 2 unspecified atom stereocenters. The van der Waals surface area contributed by atoms with E-state index in [4.69, 9.17) is 18.9 Å². The molecule has 9 heteroatoms. The minimum Gasteiger partial charge on any atom is -0.545 e. The molecule has 0 saturated heterocycles. The van der Waals surface area contributed by atoms with Crippen LogP contribution in [0, 0.1) is 0 Å². The van der Waals surface area contributed by atoms with Crippen molar-refractivity contribution in [3.05, 3.63) is 85.1 Å². The first-order valence-electron chi connectivity index (χ1n) is 35.7. The summed E-state index contributed by atoms with van der Waals surface area (Å²) in [5, 5.41) is 11.8. The molecular formula is C76H135NO8. The summed E-state index contributed by atoms with van der Waals surface area (Å²) >= 11 is 0. The van der Waals surface area contributed by atoms with Crippen molar-refractivity contribution in [1.82, 2.24) is 0 Å². The van der Waals surface area contributed by atoms with Crippen molar-refractivity contribution in [1.29, 1.82) is 0 Å². The molecule has 0 N–H and O–H groups in total. The van der Waals surface area contributed by atoms with Crippen molar-refractivity contribution in [2.24, 2.45) is 0 Å². The quantitative estimate of drug-likeness (QED) is 0.0195. The van der Waals surface area contributed by atoms with Crippen LogP contribution in [0.15, 0.2) is 85.1 Å². The number of likely N-dealkylation sites (N-methyl/N-ethyl adjacent to an activating group) is 1. The highest BCUT2D eigenvalue weighted by molar-refractivity contribution is 5.70. The highest BCUT2D eigenvalue weighted by Gasteiger charge is 2.22. The van der Waals surface area contributed by atoms with Gasteiger partial charge in [0.15, 0.2) is 12.4 Å². The minimum absolute atomic E-state index is 0.145. The molecule has 0 amide bonds. The van der Waals surface area contributed by atoms with Crippen LogP contribution in [0.1, 0.15) is 322 Å². The number of carboxylic acid groups (broad SMARTS) is 1. The molecule has 9 nitrogen and oxygen atoms in total. The Morgan fingerprint density at radius 1 is 0.365 bits per heavy atom. The molecular weight excluding hydrogens is 1050 g/mol. The lowest BCUT2D eigenvalue weighted by atomic mass is 10.0. The zero-order valence-electron chi connectivity index (χ0n) is 56.2. The van der Waals surface area contributed by atoms with Gasteiger partial charge in [0, 0.05) is 12.8 Å². The standard InChI is InChI=1S/C76H135NO8/c1-6-8-10-12-14-16-18-20-22-24-26-27-28-29-30-31-32-33-34-35-36-37-38-39-40-41-42-43-44-45-46-47-49-51-53-55-57-59-61-63-65-67-74(79)85-72(71-84-76(75(80)81)82-69-68-77(3,4)5)70-83-73(78)66-64-62-60-58-56-54-52-50-48-25-23-21-19-17-15-13-11-9-7-2/h8,10,14-17,20-23,26-27,48,50,72,76H,6-7,9,11-13,18-19,24-25,28-47,49,51-71H2,1-5H3/b10-8-,16-14-,17-15-,22-20-,23-21-,27-26-,50-48-. The lowest BCUT2D eigenvalue weighted by Crippen LogP contribution is -2.44. The van der Waals surface area contributed by atoms with Crippen molar-refractivity contribution in [3.8, 4) is 0 Å². The molecule has 0 aromatic heterocycles. The normalized spacial score (nSPS) is 13.2. The molecule has 0 saturated carbocycles. The lowest BCUT2D eigenvalue weighted by Gasteiger charge is -2.26. The fourth-order valence-electron chi connectivity index (χ4n) is 10.2. The molecule has 0 fully saturated rings. The van der Waals surface area contributed by atoms with Crippen LogP contribution in [0.2, 0.25) is 0 Å². The average molecular weight is 1190 g/mol. The van der Waals surface area contributed by atoms with E-state index in [9.17, 15) is 19.5 Å². The Balaban J connectivity index is 3.96. The van der Waals surface area contributed by atoms with E-state index in [0.29, 0.717) is 17.4 Å². The van der Waals surface area contributed by atoms with Crippen LogP contribution in [-0.2, 0) is 33.3 Å². The van der Waals surface area contributed by atoms with Gasteiger partial charge in [-0.25, -0.2) is 0 Å². The molecule has 0 aromatic carbocycles. The van der Waals surface area contributed by atoms with Gasteiger partial charge in [-0.05, 0) is 89.9 Å². The van der Waals surface area contributed by atoms with Crippen LogP contribution in [0.5, 0.6) is 0 Å². The third-order valence-electron chi connectivity index (χ3n) is 15.6. The number of aliphatic carboxylic acids is 1. The zero-order chi connectivity index (χ0) is 61.9. The number of rotatable bonds is 66. The van der Waals surface area contributed by atoms with E-state index in [1.807, 2.05) is 21.1 Å². The van der Waals surface area contributed by atoms with Gasteiger partial charge in [-0.1, -0.05) is 304 Å². The summed E-state index contributed by atoms with van der Waals surface area (Å²) in [6.07, 6.45) is 86.9. The monoisotopic (exact) mass is 1190 g/mol. The molecule has 0 rings (SSSR count). The number of hydrogen-bond donors (Lipinski definition) is 0. The first-order valence-corrected chi connectivity index (χ1v) is 35.7. The van der Waals surface area contributed by atoms with Crippen molar-refractivity contribution in [2.45, 2.75) is 334 Å². The van der Waals surface area contributed by atoms with E-state index in [2.05, 4.69) is 98.9 Å². The van der Waals surface area contributed by atoms with Crippen LogP contribution < -0.4 is 5.11 Å². The highest BCUT2D eigenvalue weighted by Crippen LogP contribution is 2.18. The topological polar surface area (TPSA) is 111 Å². The second-order valence-electron chi connectivity index (χ2n) is 25.1. The largest absolute Gasteiger partial charge is 0.545 e. The van der Waals surface area contributed by atoms with Crippen molar-refractivity contribution < 1.29 is 42.9 Å². The van der Waals surface area contributed by atoms with Gasteiger partial charge < -0.3 is 33.3 Å². The fraction of sp³-hybridized carbons (Fsp3) is 0.776. The fourth-order valence-corrected chi connectivity index (χ4v) is 10.2. The number of carboxylic acids is 1. The highest BCUT2D eigenvalue weighted by atomic mass is 16.7. The molecule has 0 aromatic rings. The minimum atomic E-state index is -1.63. The predicted molar refractivity (Wildman–Crippen MR) is 361 cm³/mol. The Morgan fingerprint density at radius 2 is 0.671 bits per heavy atom. The Labute approximate surface area is 525 Å². The number of nitrogens with zero attached hydrogens (tertiary/aromatic N) is 1. The molecule has 0 radical (unpaired) electrons. The number of hydrogen-bond acceptors (Lipinski definition) is 8. The van der Waals surface area contributed by atoms with Gasteiger partial charge in [0.2, 0.25) is 0 Å². The van der Waals surface area contributed by atoms with Gasteiger partial charge in [-0.3, -0.25) is 9.59 Å². The van der Waals surface area contributed by atoms with Crippen LogP contribution in [-0.4, -0.2) is 82.3 Å². The molecule has 0 aliphatic carbocycles. The molecule has 0 aliphatic rings. The van der Waals surface area contributed by atoms with Gasteiger partial charge in [0.1, 0.15) is 13.2 Å². The molecule has 85 heavy (non-hydrogen) atoms. The van der Waals surface area contributed by atoms with Crippen molar-refractivity contribution >= 4 is 17.9 Å². The van der Waals surface area contributed by atoms with Crippen LogP contribution in [0.25, 0.3) is 0 Å². The summed E-state index contributed by atoms with van der Waals surface area (Å²) in [7, 11) is 5.93. The van der Waals surface area contributed by atoms with E-state index in [0.717, 1.165) is 83.5 Å². The van der Waals surface area contributed by atoms with Gasteiger partial charge in [-0.2, -0.15) is 0 Å². The van der Waals surface area contributed by atoms with E-state index in [1.165, 1.54) is 205 Å². The number of esters is 2. The predicted octanol–water partition coefficient (Wildman–Crippen LogP) is 20.9. The van der Waals surface area contributed by atoms with E-state index < -0.39 is 24.3 Å². The third kappa shape index (κ3) is 67.8. The SMILES string of the molecule is CC/C=C\C/C=C\C/C=C\C/C=C\CCCCCCCCCCCCCCCCCCCCCCCCCCCCCCC(=O)OC(COC(=O)CCCCCCCC/C=C\C/C=C\C/C=C\CCCCC)COC(OCC[N+](C)(C)C)C(=O)[O-]. The first kappa shape index (κ1) is 81.5. The average Bonchev–Trinajstić information content (AvgIpc) is 3.49. The third-order valence-corrected chi connectivity index (χ3v) is 15.6. The summed E-state index contributed by atoms with van der Waals surface area (Å²) < 4.78 is 22.8. The summed E-state index contributed by atoms with van der Waals surface area (Å²) in [4.78, 5) is 37.4.